The number of amides is 1. The van der Waals surface area contributed by atoms with Gasteiger partial charge in [0.15, 0.2) is 5.76 Å². The summed E-state index contributed by atoms with van der Waals surface area (Å²) in [5, 5.41) is 8.35. The van der Waals surface area contributed by atoms with E-state index < -0.39 is 0 Å². The van der Waals surface area contributed by atoms with E-state index in [-0.39, 0.29) is 11.4 Å². The number of nitrogens with one attached hydrogen (secondary N) is 2. The Morgan fingerprint density at radius 1 is 1.33 bits per heavy atom. The van der Waals surface area contributed by atoms with E-state index >= 15 is 0 Å². The van der Waals surface area contributed by atoms with Gasteiger partial charge >= 0.3 is 0 Å². The van der Waals surface area contributed by atoms with Gasteiger partial charge in [-0.1, -0.05) is 44.4 Å². The van der Waals surface area contributed by atoms with Crippen molar-refractivity contribution in [3.8, 4) is 0 Å². The molecule has 4 rings (SSSR count). The number of hydrogen-bond donors (Lipinski definition) is 2. The fourth-order valence-electron chi connectivity index (χ4n) is 4.52. The number of hydrogen-bond acceptors (Lipinski definition) is 4. The number of carbonyl (C=O) groups excluding carboxylic acids is 1. The standard InChI is InChI=1S/C21H26ClN3O2/c1-4-10-25(3)20(26)16-12-14-11-15(22)18-17(19(14)27-16)21(24-13(2)23-18)8-6-5-7-9-21/h11-12,23-24H,2,4-10H2,1,3H3. The van der Waals surface area contributed by atoms with Crippen LogP contribution in [0.15, 0.2) is 28.9 Å². The van der Waals surface area contributed by atoms with Crippen molar-refractivity contribution in [1.29, 1.82) is 0 Å². The van der Waals surface area contributed by atoms with Gasteiger partial charge in [-0.3, -0.25) is 4.79 Å². The molecule has 2 aromatic rings. The summed E-state index contributed by atoms with van der Waals surface area (Å²) in [6.07, 6.45) is 6.40. The summed E-state index contributed by atoms with van der Waals surface area (Å²) < 4.78 is 6.15. The molecule has 1 amide bonds. The molecule has 1 aliphatic carbocycles. The first-order valence-corrected chi connectivity index (χ1v) is 10.1. The largest absolute Gasteiger partial charge is 0.450 e. The van der Waals surface area contributed by atoms with Gasteiger partial charge in [-0.25, -0.2) is 0 Å². The van der Waals surface area contributed by atoms with Crippen LogP contribution < -0.4 is 10.6 Å². The molecule has 144 valence electrons. The summed E-state index contributed by atoms with van der Waals surface area (Å²) >= 11 is 6.62. The molecule has 2 heterocycles. The normalized spacial score (nSPS) is 18.1. The Morgan fingerprint density at radius 2 is 2.07 bits per heavy atom. The van der Waals surface area contributed by atoms with Crippen LogP contribution in [0.4, 0.5) is 5.69 Å². The topological polar surface area (TPSA) is 57.5 Å². The molecular weight excluding hydrogens is 362 g/mol. The second-order valence-corrected chi connectivity index (χ2v) is 8.14. The number of fused-ring (bicyclic) bond motifs is 4. The Bertz CT molecular complexity index is 912. The van der Waals surface area contributed by atoms with Crippen LogP contribution >= 0.6 is 11.6 Å². The number of benzene rings is 1. The molecule has 2 aliphatic rings. The second-order valence-electron chi connectivity index (χ2n) is 7.74. The van der Waals surface area contributed by atoms with Gasteiger partial charge in [0, 0.05) is 24.5 Å². The molecule has 6 heteroatoms. The number of rotatable bonds is 3. The van der Waals surface area contributed by atoms with Crippen molar-refractivity contribution >= 4 is 34.2 Å². The van der Waals surface area contributed by atoms with E-state index in [4.69, 9.17) is 16.0 Å². The lowest BCUT2D eigenvalue weighted by Gasteiger charge is -2.44. The van der Waals surface area contributed by atoms with Crippen molar-refractivity contribution in [3.63, 3.8) is 0 Å². The van der Waals surface area contributed by atoms with Crippen molar-refractivity contribution in [2.75, 3.05) is 18.9 Å². The monoisotopic (exact) mass is 387 g/mol. The van der Waals surface area contributed by atoms with Crippen molar-refractivity contribution in [2.45, 2.75) is 51.0 Å². The maximum atomic E-state index is 12.7. The Hall–Kier alpha value is -2.14. The van der Waals surface area contributed by atoms with Gasteiger partial charge < -0.3 is 20.0 Å². The van der Waals surface area contributed by atoms with Gasteiger partial charge in [0.1, 0.15) is 5.58 Å². The van der Waals surface area contributed by atoms with Gasteiger partial charge in [-0.2, -0.15) is 0 Å². The summed E-state index contributed by atoms with van der Waals surface area (Å²) in [7, 11) is 1.80. The van der Waals surface area contributed by atoms with Crippen LogP contribution in [0.5, 0.6) is 0 Å². The highest BCUT2D eigenvalue weighted by molar-refractivity contribution is 6.34. The van der Waals surface area contributed by atoms with E-state index in [0.29, 0.717) is 17.3 Å². The summed E-state index contributed by atoms with van der Waals surface area (Å²) in [4.78, 5) is 14.4. The summed E-state index contributed by atoms with van der Waals surface area (Å²) in [6, 6.07) is 3.69. The quantitative estimate of drug-likeness (QED) is 0.758. The van der Waals surface area contributed by atoms with Crippen LogP contribution in [0.1, 0.15) is 61.6 Å². The minimum absolute atomic E-state index is 0.100. The fraction of sp³-hybridized carbons (Fsp3) is 0.476. The third kappa shape index (κ3) is 2.98. The van der Waals surface area contributed by atoms with Gasteiger partial charge in [0.2, 0.25) is 0 Å². The van der Waals surface area contributed by atoms with Crippen LogP contribution in [0.25, 0.3) is 11.0 Å². The Labute approximate surface area is 164 Å². The highest BCUT2D eigenvalue weighted by Gasteiger charge is 2.42. The van der Waals surface area contributed by atoms with E-state index in [1.807, 2.05) is 12.1 Å². The number of furan rings is 1. The first-order chi connectivity index (χ1) is 12.9. The minimum atomic E-state index is -0.243. The predicted molar refractivity (Wildman–Crippen MR) is 109 cm³/mol. The van der Waals surface area contributed by atoms with Crippen molar-refractivity contribution in [3.05, 3.63) is 40.9 Å². The van der Waals surface area contributed by atoms with Gasteiger partial charge in [-0.05, 0) is 31.4 Å². The molecule has 0 saturated heterocycles. The molecule has 0 bridgehead atoms. The molecule has 1 saturated carbocycles. The molecular formula is C21H26ClN3O2. The van der Waals surface area contributed by atoms with Gasteiger partial charge in [0.25, 0.3) is 5.91 Å². The zero-order valence-electron chi connectivity index (χ0n) is 16.0. The summed E-state index contributed by atoms with van der Waals surface area (Å²) in [5.41, 5.74) is 2.39. The maximum Gasteiger partial charge on any atom is 0.289 e. The molecule has 1 aromatic carbocycles. The smallest absolute Gasteiger partial charge is 0.289 e. The number of anilines is 1. The van der Waals surface area contributed by atoms with Gasteiger partial charge in [-0.15, -0.1) is 0 Å². The number of halogens is 1. The predicted octanol–water partition coefficient (Wildman–Crippen LogP) is 5.21. The zero-order valence-corrected chi connectivity index (χ0v) is 16.7. The van der Waals surface area contributed by atoms with Crippen LogP contribution in [0, 0.1) is 0 Å². The first-order valence-electron chi connectivity index (χ1n) is 9.71. The van der Waals surface area contributed by atoms with Crippen molar-refractivity contribution < 1.29 is 9.21 Å². The number of carbonyl (C=O) groups is 1. The molecule has 1 spiro atoms. The summed E-state index contributed by atoms with van der Waals surface area (Å²) in [6.45, 7) is 6.84. The molecule has 27 heavy (non-hydrogen) atoms. The molecule has 1 fully saturated rings. The molecule has 1 aliphatic heterocycles. The molecule has 5 nitrogen and oxygen atoms in total. The molecule has 2 N–H and O–H groups in total. The van der Waals surface area contributed by atoms with Gasteiger partial charge in [0.05, 0.1) is 22.1 Å². The van der Waals surface area contributed by atoms with Crippen molar-refractivity contribution in [2.24, 2.45) is 0 Å². The second kappa shape index (κ2) is 6.79. The van der Waals surface area contributed by atoms with Crippen LogP contribution in [0.3, 0.4) is 0 Å². The molecule has 1 aromatic heterocycles. The van der Waals surface area contributed by atoms with Crippen LogP contribution in [-0.2, 0) is 5.54 Å². The molecule has 0 unspecified atom stereocenters. The average Bonchev–Trinajstić information content (AvgIpc) is 3.05. The Morgan fingerprint density at radius 3 is 2.78 bits per heavy atom. The molecule has 0 radical (unpaired) electrons. The van der Waals surface area contributed by atoms with E-state index in [0.717, 1.165) is 60.1 Å². The highest BCUT2D eigenvalue weighted by Crippen LogP contribution is 2.49. The molecule has 0 atom stereocenters. The lowest BCUT2D eigenvalue weighted by Crippen LogP contribution is -2.48. The minimum Gasteiger partial charge on any atom is -0.450 e. The van der Waals surface area contributed by atoms with Crippen molar-refractivity contribution in [1.82, 2.24) is 10.2 Å². The van der Waals surface area contributed by atoms with E-state index in [9.17, 15) is 4.79 Å². The SMILES string of the molecule is C=C1Nc2c(Cl)cc3cc(C(=O)N(C)CCC)oc3c2C2(CCCCC2)N1. The van der Waals surface area contributed by atoms with E-state index in [2.05, 4.69) is 24.1 Å². The van der Waals surface area contributed by atoms with E-state index in [1.54, 1.807) is 11.9 Å². The summed E-state index contributed by atoms with van der Waals surface area (Å²) in [5.74, 6) is 1.02. The Kier molecular flexibility index (Phi) is 4.58. The van der Waals surface area contributed by atoms with E-state index in [1.165, 1.54) is 6.42 Å². The third-order valence-corrected chi connectivity index (χ3v) is 6.03. The lowest BCUT2D eigenvalue weighted by atomic mass is 9.74. The third-order valence-electron chi connectivity index (χ3n) is 5.73. The zero-order chi connectivity index (χ0) is 19.2. The lowest BCUT2D eigenvalue weighted by molar-refractivity contribution is 0.0765. The maximum absolute atomic E-state index is 12.7. The van der Waals surface area contributed by atoms with Crippen LogP contribution in [-0.4, -0.2) is 24.4 Å². The highest BCUT2D eigenvalue weighted by atomic mass is 35.5. The number of nitrogens with zero attached hydrogens (tertiary/aromatic N) is 1. The van der Waals surface area contributed by atoms with Crippen LogP contribution in [0.2, 0.25) is 5.02 Å². The first kappa shape index (κ1) is 18.2. The average molecular weight is 388 g/mol. The Balaban J connectivity index is 1.89. The fourth-order valence-corrected chi connectivity index (χ4v) is 4.78.